The zero-order valence-corrected chi connectivity index (χ0v) is 11.1. The van der Waals surface area contributed by atoms with E-state index in [0.717, 1.165) is 19.6 Å². The molecule has 0 aliphatic carbocycles. The summed E-state index contributed by atoms with van der Waals surface area (Å²) in [4.78, 5) is 4.42. The quantitative estimate of drug-likeness (QED) is 0.757. The van der Waals surface area contributed by atoms with Gasteiger partial charge in [0.05, 0.1) is 24.1 Å². The summed E-state index contributed by atoms with van der Waals surface area (Å²) in [6.07, 6.45) is 11.6. The SMILES string of the molecule is C=C/C=C\C=C/N(C)c1cnn2c1CN(C)CC2. The molecule has 0 unspecified atom stereocenters. The highest BCUT2D eigenvalue weighted by Crippen LogP contribution is 2.23. The number of nitrogens with zero attached hydrogens (tertiary/aromatic N) is 4. The lowest BCUT2D eigenvalue weighted by molar-refractivity contribution is 0.259. The fourth-order valence-electron chi connectivity index (χ4n) is 2.05. The minimum atomic E-state index is 0.954. The number of hydrogen-bond donors (Lipinski definition) is 0. The second kappa shape index (κ2) is 5.69. The van der Waals surface area contributed by atoms with Crippen LogP contribution in [0.25, 0.3) is 0 Å². The molecule has 0 aromatic carbocycles. The molecule has 0 spiro atoms. The number of aromatic nitrogens is 2. The van der Waals surface area contributed by atoms with E-state index in [-0.39, 0.29) is 0 Å². The van der Waals surface area contributed by atoms with E-state index in [9.17, 15) is 0 Å². The number of hydrogen-bond acceptors (Lipinski definition) is 3. The van der Waals surface area contributed by atoms with Gasteiger partial charge in [0, 0.05) is 26.3 Å². The zero-order valence-electron chi connectivity index (χ0n) is 11.1. The topological polar surface area (TPSA) is 24.3 Å². The molecule has 18 heavy (non-hydrogen) atoms. The van der Waals surface area contributed by atoms with Gasteiger partial charge in [-0.25, -0.2) is 0 Å². The van der Waals surface area contributed by atoms with Gasteiger partial charge in [0.25, 0.3) is 0 Å². The van der Waals surface area contributed by atoms with Crippen LogP contribution in [0.15, 0.2) is 43.3 Å². The van der Waals surface area contributed by atoms with Crippen LogP contribution < -0.4 is 4.90 Å². The molecular formula is C14H20N4. The number of rotatable bonds is 4. The first-order valence-electron chi connectivity index (χ1n) is 6.14. The van der Waals surface area contributed by atoms with E-state index in [1.54, 1.807) is 6.08 Å². The van der Waals surface area contributed by atoms with Gasteiger partial charge in [-0.05, 0) is 13.1 Å². The van der Waals surface area contributed by atoms with Crippen molar-refractivity contribution in [3.05, 3.63) is 49.0 Å². The van der Waals surface area contributed by atoms with Crippen molar-refractivity contribution in [1.82, 2.24) is 14.7 Å². The fraction of sp³-hybridized carbons (Fsp3) is 0.357. The Hall–Kier alpha value is -1.81. The Balaban J connectivity index is 2.13. The largest absolute Gasteiger partial charge is 0.348 e. The Bertz CT molecular complexity index is 470. The molecule has 1 aromatic heterocycles. The number of likely N-dealkylation sites (N-methyl/N-ethyl adjacent to an activating group) is 1. The number of fused-ring (bicyclic) bond motifs is 1. The lowest BCUT2D eigenvalue weighted by Crippen LogP contribution is -2.31. The highest BCUT2D eigenvalue weighted by Gasteiger charge is 2.18. The molecule has 1 aliphatic heterocycles. The summed E-state index contributed by atoms with van der Waals surface area (Å²) in [5.74, 6) is 0. The molecule has 4 heteroatoms. The van der Waals surface area contributed by atoms with Gasteiger partial charge in [-0.2, -0.15) is 5.10 Å². The second-order valence-corrected chi connectivity index (χ2v) is 4.51. The third kappa shape index (κ3) is 2.71. The van der Waals surface area contributed by atoms with Crippen LogP contribution in [0.3, 0.4) is 0 Å². The van der Waals surface area contributed by atoms with Crippen LogP contribution in [0, 0.1) is 0 Å². The molecule has 0 radical (unpaired) electrons. The molecule has 0 saturated carbocycles. The molecule has 2 heterocycles. The summed E-state index contributed by atoms with van der Waals surface area (Å²) in [6.45, 7) is 6.63. The highest BCUT2D eigenvalue weighted by molar-refractivity contribution is 5.52. The van der Waals surface area contributed by atoms with E-state index in [2.05, 4.69) is 33.2 Å². The van der Waals surface area contributed by atoms with Gasteiger partial charge in [-0.1, -0.05) is 24.8 Å². The van der Waals surface area contributed by atoms with Crippen LogP contribution in [-0.4, -0.2) is 35.3 Å². The van der Waals surface area contributed by atoms with E-state index in [4.69, 9.17) is 0 Å². The van der Waals surface area contributed by atoms with Crippen LogP contribution in [0.5, 0.6) is 0 Å². The monoisotopic (exact) mass is 244 g/mol. The first-order chi connectivity index (χ1) is 8.72. The van der Waals surface area contributed by atoms with E-state index < -0.39 is 0 Å². The minimum Gasteiger partial charge on any atom is -0.348 e. The van der Waals surface area contributed by atoms with Crippen LogP contribution in [0.4, 0.5) is 5.69 Å². The first kappa shape index (κ1) is 12.6. The number of allylic oxidation sites excluding steroid dienone is 4. The first-order valence-corrected chi connectivity index (χ1v) is 6.14. The summed E-state index contributed by atoms with van der Waals surface area (Å²) >= 11 is 0. The molecule has 2 rings (SSSR count). The fourth-order valence-corrected chi connectivity index (χ4v) is 2.05. The predicted octanol–water partition coefficient (Wildman–Crippen LogP) is 2.02. The van der Waals surface area contributed by atoms with Gasteiger partial charge in [0.2, 0.25) is 0 Å². The maximum atomic E-state index is 4.44. The Morgan fingerprint density at radius 2 is 2.17 bits per heavy atom. The predicted molar refractivity (Wildman–Crippen MR) is 75.4 cm³/mol. The maximum absolute atomic E-state index is 4.44. The Morgan fingerprint density at radius 1 is 1.33 bits per heavy atom. The molecule has 0 saturated heterocycles. The van der Waals surface area contributed by atoms with Crippen molar-refractivity contribution >= 4 is 5.69 Å². The summed E-state index contributed by atoms with van der Waals surface area (Å²) in [5.41, 5.74) is 2.45. The molecule has 0 bridgehead atoms. The minimum absolute atomic E-state index is 0.954. The molecule has 96 valence electrons. The van der Waals surface area contributed by atoms with Gasteiger partial charge in [-0.3, -0.25) is 9.58 Å². The van der Waals surface area contributed by atoms with Gasteiger partial charge in [-0.15, -0.1) is 0 Å². The lowest BCUT2D eigenvalue weighted by Gasteiger charge is -2.25. The van der Waals surface area contributed by atoms with Crippen LogP contribution in [0.1, 0.15) is 5.69 Å². The van der Waals surface area contributed by atoms with Crippen molar-refractivity contribution in [3.8, 4) is 0 Å². The van der Waals surface area contributed by atoms with Crippen LogP contribution >= 0.6 is 0 Å². The zero-order chi connectivity index (χ0) is 13.0. The molecule has 0 atom stereocenters. The molecule has 0 fully saturated rings. The van der Waals surface area contributed by atoms with Crippen molar-refractivity contribution in [2.45, 2.75) is 13.1 Å². The third-order valence-corrected chi connectivity index (χ3v) is 3.09. The highest BCUT2D eigenvalue weighted by atomic mass is 15.3. The third-order valence-electron chi connectivity index (χ3n) is 3.09. The van der Waals surface area contributed by atoms with E-state index >= 15 is 0 Å². The van der Waals surface area contributed by atoms with Crippen molar-refractivity contribution in [2.24, 2.45) is 0 Å². The lowest BCUT2D eigenvalue weighted by atomic mass is 10.2. The van der Waals surface area contributed by atoms with Crippen LogP contribution in [0.2, 0.25) is 0 Å². The Kier molecular flexibility index (Phi) is 3.99. The molecule has 0 amide bonds. The average molecular weight is 244 g/mol. The summed E-state index contributed by atoms with van der Waals surface area (Å²) < 4.78 is 2.10. The Morgan fingerprint density at radius 3 is 2.94 bits per heavy atom. The summed E-state index contributed by atoms with van der Waals surface area (Å²) in [6, 6.07) is 0. The second-order valence-electron chi connectivity index (χ2n) is 4.51. The molecule has 1 aliphatic rings. The van der Waals surface area contributed by atoms with Crippen molar-refractivity contribution in [3.63, 3.8) is 0 Å². The van der Waals surface area contributed by atoms with Gasteiger partial charge in [0.1, 0.15) is 0 Å². The molecule has 1 aromatic rings. The van der Waals surface area contributed by atoms with Crippen LogP contribution in [-0.2, 0) is 13.1 Å². The maximum Gasteiger partial charge on any atom is 0.0835 e. The van der Waals surface area contributed by atoms with E-state index in [0.29, 0.717) is 0 Å². The molecule has 4 nitrogen and oxygen atoms in total. The summed E-state index contributed by atoms with van der Waals surface area (Å²) in [7, 11) is 4.19. The van der Waals surface area contributed by atoms with Crippen molar-refractivity contribution in [2.75, 3.05) is 25.5 Å². The van der Waals surface area contributed by atoms with E-state index in [1.165, 1.54) is 11.4 Å². The average Bonchev–Trinajstić information content (AvgIpc) is 2.77. The van der Waals surface area contributed by atoms with E-state index in [1.807, 2.05) is 37.7 Å². The van der Waals surface area contributed by atoms with Gasteiger partial charge >= 0.3 is 0 Å². The smallest absolute Gasteiger partial charge is 0.0835 e. The van der Waals surface area contributed by atoms with Crippen molar-refractivity contribution in [1.29, 1.82) is 0 Å². The standard InChI is InChI=1S/C14H20N4/c1-4-5-6-7-8-17(3)13-11-15-18-10-9-16(2)12-14(13)18/h4-8,11H,1,9-10,12H2,2-3H3/b6-5-,8-7-. The van der Waals surface area contributed by atoms with Gasteiger partial charge < -0.3 is 4.90 Å². The summed E-state index contributed by atoms with van der Waals surface area (Å²) in [5, 5.41) is 4.44. The molecule has 0 N–H and O–H groups in total. The molecular weight excluding hydrogens is 224 g/mol. The van der Waals surface area contributed by atoms with Gasteiger partial charge in [0.15, 0.2) is 0 Å². The van der Waals surface area contributed by atoms with Crippen molar-refractivity contribution < 1.29 is 0 Å². The normalized spacial score (nSPS) is 16.3. The Labute approximate surface area is 108 Å². The number of anilines is 1.